The van der Waals surface area contributed by atoms with E-state index in [2.05, 4.69) is 5.32 Å². The molecule has 0 saturated carbocycles. The standard InChI is InChI=1S/C12H14ClN3OS/c1-16-7-8(14)6-10(16)12(17)15-5-4-9-2-3-11(13)18-9/h2-3,6-7H,4-5,14H2,1H3,(H,15,17). The Balaban J connectivity index is 1.87. The Morgan fingerprint density at radius 2 is 2.33 bits per heavy atom. The van der Waals surface area contributed by atoms with Crippen LogP contribution >= 0.6 is 22.9 Å². The number of anilines is 1. The molecule has 3 N–H and O–H groups in total. The van der Waals surface area contributed by atoms with Gasteiger partial charge < -0.3 is 15.6 Å². The second kappa shape index (κ2) is 5.46. The van der Waals surface area contributed by atoms with Gasteiger partial charge in [-0.05, 0) is 24.6 Å². The van der Waals surface area contributed by atoms with E-state index in [4.69, 9.17) is 17.3 Å². The van der Waals surface area contributed by atoms with Crippen LogP contribution < -0.4 is 11.1 Å². The molecule has 0 aromatic carbocycles. The summed E-state index contributed by atoms with van der Waals surface area (Å²) in [5.74, 6) is -0.114. The Morgan fingerprint density at radius 1 is 1.56 bits per heavy atom. The smallest absolute Gasteiger partial charge is 0.267 e. The minimum atomic E-state index is -0.114. The molecule has 0 spiro atoms. The number of thiophene rings is 1. The zero-order valence-corrected chi connectivity index (χ0v) is 11.5. The van der Waals surface area contributed by atoms with Crippen LogP contribution in [0.25, 0.3) is 0 Å². The van der Waals surface area contributed by atoms with Gasteiger partial charge in [0.2, 0.25) is 0 Å². The lowest BCUT2D eigenvalue weighted by molar-refractivity contribution is 0.0946. The molecule has 96 valence electrons. The van der Waals surface area contributed by atoms with E-state index in [-0.39, 0.29) is 5.91 Å². The molecule has 0 radical (unpaired) electrons. The number of hydrogen-bond donors (Lipinski definition) is 2. The SMILES string of the molecule is Cn1cc(N)cc1C(=O)NCCc1ccc(Cl)s1. The zero-order chi connectivity index (χ0) is 13.1. The Kier molecular flexibility index (Phi) is 3.93. The number of aryl methyl sites for hydroxylation is 1. The molecule has 0 atom stereocenters. The third-order valence-electron chi connectivity index (χ3n) is 2.54. The first-order valence-corrected chi connectivity index (χ1v) is 6.70. The monoisotopic (exact) mass is 283 g/mol. The number of halogens is 1. The van der Waals surface area contributed by atoms with Gasteiger partial charge in [0, 0.05) is 24.7 Å². The van der Waals surface area contributed by atoms with Crippen LogP contribution in [0.2, 0.25) is 4.34 Å². The maximum atomic E-state index is 11.9. The summed E-state index contributed by atoms with van der Waals surface area (Å²) in [7, 11) is 1.80. The molecule has 0 aliphatic heterocycles. The van der Waals surface area contributed by atoms with Gasteiger partial charge >= 0.3 is 0 Å². The lowest BCUT2D eigenvalue weighted by atomic mass is 10.3. The minimum absolute atomic E-state index is 0.114. The van der Waals surface area contributed by atoms with E-state index >= 15 is 0 Å². The highest BCUT2D eigenvalue weighted by molar-refractivity contribution is 7.16. The van der Waals surface area contributed by atoms with Crippen molar-refractivity contribution in [2.45, 2.75) is 6.42 Å². The number of nitrogen functional groups attached to an aromatic ring is 1. The van der Waals surface area contributed by atoms with Gasteiger partial charge in [-0.2, -0.15) is 0 Å². The van der Waals surface area contributed by atoms with E-state index in [0.29, 0.717) is 17.9 Å². The molecule has 0 unspecified atom stereocenters. The van der Waals surface area contributed by atoms with Crippen molar-refractivity contribution >= 4 is 34.5 Å². The molecule has 18 heavy (non-hydrogen) atoms. The molecule has 0 saturated heterocycles. The van der Waals surface area contributed by atoms with Gasteiger partial charge in [0.05, 0.1) is 10.0 Å². The van der Waals surface area contributed by atoms with E-state index in [1.807, 2.05) is 12.1 Å². The van der Waals surface area contributed by atoms with E-state index < -0.39 is 0 Å². The van der Waals surface area contributed by atoms with Crippen LogP contribution in [0.5, 0.6) is 0 Å². The summed E-state index contributed by atoms with van der Waals surface area (Å²) in [5, 5.41) is 2.86. The second-order valence-corrected chi connectivity index (χ2v) is 5.78. The first kappa shape index (κ1) is 13.0. The van der Waals surface area contributed by atoms with Crippen molar-refractivity contribution in [3.05, 3.63) is 39.3 Å². The van der Waals surface area contributed by atoms with E-state index in [1.165, 1.54) is 11.3 Å². The summed E-state index contributed by atoms with van der Waals surface area (Å²) in [6, 6.07) is 5.50. The van der Waals surface area contributed by atoms with Gasteiger partial charge in [0.15, 0.2) is 0 Å². The lowest BCUT2D eigenvalue weighted by Crippen LogP contribution is -2.27. The minimum Gasteiger partial charge on any atom is -0.397 e. The molecule has 6 heteroatoms. The molecule has 2 heterocycles. The summed E-state index contributed by atoms with van der Waals surface area (Å²) in [6.45, 7) is 0.584. The van der Waals surface area contributed by atoms with Crippen LogP contribution in [0.3, 0.4) is 0 Å². The number of nitrogens with zero attached hydrogens (tertiary/aromatic N) is 1. The Hall–Kier alpha value is -1.46. The van der Waals surface area contributed by atoms with Gasteiger partial charge in [0.25, 0.3) is 5.91 Å². The molecule has 2 rings (SSSR count). The van der Waals surface area contributed by atoms with Crippen molar-refractivity contribution in [1.82, 2.24) is 9.88 Å². The van der Waals surface area contributed by atoms with E-state index in [9.17, 15) is 4.79 Å². The zero-order valence-electron chi connectivity index (χ0n) is 9.94. The lowest BCUT2D eigenvalue weighted by Gasteiger charge is -2.04. The number of aromatic nitrogens is 1. The van der Waals surface area contributed by atoms with Gasteiger partial charge in [-0.25, -0.2) is 0 Å². The summed E-state index contributed by atoms with van der Waals surface area (Å²) in [5.41, 5.74) is 6.78. The van der Waals surface area contributed by atoms with Gasteiger partial charge in [-0.1, -0.05) is 11.6 Å². The van der Waals surface area contributed by atoms with Crippen molar-refractivity contribution < 1.29 is 4.79 Å². The fraction of sp³-hybridized carbons (Fsp3) is 0.250. The number of nitrogens with one attached hydrogen (secondary N) is 1. The first-order chi connectivity index (χ1) is 8.56. The van der Waals surface area contributed by atoms with Gasteiger partial charge in [-0.3, -0.25) is 4.79 Å². The van der Waals surface area contributed by atoms with Crippen molar-refractivity contribution in [2.75, 3.05) is 12.3 Å². The number of carbonyl (C=O) groups is 1. The molecule has 0 aliphatic carbocycles. The Labute approximate surface area is 114 Å². The summed E-state index contributed by atoms with van der Waals surface area (Å²) < 4.78 is 2.48. The van der Waals surface area contributed by atoms with Gasteiger partial charge in [0.1, 0.15) is 5.69 Å². The van der Waals surface area contributed by atoms with Crippen LogP contribution in [-0.4, -0.2) is 17.0 Å². The third-order valence-corrected chi connectivity index (χ3v) is 3.84. The van der Waals surface area contributed by atoms with Crippen molar-refractivity contribution in [1.29, 1.82) is 0 Å². The molecule has 0 bridgehead atoms. The highest BCUT2D eigenvalue weighted by atomic mass is 35.5. The quantitative estimate of drug-likeness (QED) is 0.904. The fourth-order valence-corrected chi connectivity index (χ4v) is 2.78. The van der Waals surface area contributed by atoms with E-state index in [0.717, 1.165) is 15.6 Å². The molecule has 0 fully saturated rings. The number of nitrogens with two attached hydrogens (primary N) is 1. The number of amides is 1. The van der Waals surface area contributed by atoms with Crippen LogP contribution in [0.4, 0.5) is 5.69 Å². The number of rotatable bonds is 4. The number of hydrogen-bond acceptors (Lipinski definition) is 3. The first-order valence-electron chi connectivity index (χ1n) is 5.50. The summed E-state index contributed by atoms with van der Waals surface area (Å²) in [6.07, 6.45) is 2.50. The van der Waals surface area contributed by atoms with Crippen LogP contribution in [0, 0.1) is 0 Å². The van der Waals surface area contributed by atoms with Gasteiger partial charge in [-0.15, -0.1) is 11.3 Å². The average Bonchev–Trinajstić information content (AvgIpc) is 2.85. The Bertz CT molecular complexity index is 561. The van der Waals surface area contributed by atoms with Crippen LogP contribution in [0.1, 0.15) is 15.4 Å². The molecule has 1 amide bonds. The van der Waals surface area contributed by atoms with Crippen LogP contribution in [0.15, 0.2) is 24.4 Å². The topological polar surface area (TPSA) is 60.0 Å². The normalized spacial score (nSPS) is 10.6. The highest BCUT2D eigenvalue weighted by Gasteiger charge is 2.10. The molecule has 4 nitrogen and oxygen atoms in total. The fourth-order valence-electron chi connectivity index (χ4n) is 1.69. The highest BCUT2D eigenvalue weighted by Crippen LogP contribution is 2.21. The molecule has 2 aromatic heterocycles. The predicted octanol–water partition coefficient (Wildman–Crippen LogP) is 2.29. The summed E-state index contributed by atoms with van der Waals surface area (Å²) >= 11 is 7.37. The Morgan fingerprint density at radius 3 is 2.89 bits per heavy atom. The molecule has 0 aliphatic rings. The van der Waals surface area contributed by atoms with Crippen molar-refractivity contribution in [2.24, 2.45) is 7.05 Å². The largest absolute Gasteiger partial charge is 0.397 e. The second-order valence-electron chi connectivity index (χ2n) is 3.98. The van der Waals surface area contributed by atoms with Crippen molar-refractivity contribution in [3.8, 4) is 0 Å². The maximum absolute atomic E-state index is 11.9. The van der Waals surface area contributed by atoms with Crippen LogP contribution in [-0.2, 0) is 13.5 Å². The number of carbonyl (C=O) groups excluding carboxylic acids is 1. The predicted molar refractivity (Wildman–Crippen MR) is 75.2 cm³/mol. The maximum Gasteiger partial charge on any atom is 0.267 e. The van der Waals surface area contributed by atoms with Crippen molar-refractivity contribution in [3.63, 3.8) is 0 Å². The van der Waals surface area contributed by atoms with E-state index in [1.54, 1.807) is 23.9 Å². The molecular weight excluding hydrogens is 270 g/mol. The molecular formula is C12H14ClN3OS. The third kappa shape index (κ3) is 3.05. The summed E-state index contributed by atoms with van der Waals surface area (Å²) in [4.78, 5) is 13.0. The average molecular weight is 284 g/mol. The molecule has 2 aromatic rings.